The van der Waals surface area contributed by atoms with E-state index in [4.69, 9.17) is 9.47 Å². The molecular weight excluding hydrogens is 420 g/mol. The molecule has 1 saturated heterocycles. The summed E-state index contributed by atoms with van der Waals surface area (Å²) in [5.74, 6) is 0. The van der Waals surface area contributed by atoms with Gasteiger partial charge in [-0.2, -0.15) is 0 Å². The molecule has 0 bridgehead atoms. The van der Waals surface area contributed by atoms with Gasteiger partial charge in [0.1, 0.15) is 30.0 Å². The lowest BCUT2D eigenvalue weighted by atomic mass is 9.78. The molecule has 4 rings (SSSR count). The summed E-state index contributed by atoms with van der Waals surface area (Å²) in [6.45, 7) is 0.238. The van der Waals surface area contributed by atoms with Crippen molar-refractivity contribution < 1.29 is 29.9 Å². The van der Waals surface area contributed by atoms with Crippen LogP contribution in [0.4, 0.5) is 0 Å². The highest BCUT2D eigenvalue weighted by atomic mass is 16.7. The Morgan fingerprint density at radius 2 is 1.06 bits per heavy atom. The van der Waals surface area contributed by atoms with Crippen LogP contribution >= 0.6 is 0 Å². The molecule has 5 atom stereocenters. The van der Waals surface area contributed by atoms with Crippen LogP contribution in [0.5, 0.6) is 0 Å². The van der Waals surface area contributed by atoms with Crippen molar-refractivity contribution in [3.8, 4) is 0 Å². The van der Waals surface area contributed by atoms with Crippen LogP contribution in [-0.4, -0.2) is 56.7 Å². The Labute approximate surface area is 193 Å². The molecule has 33 heavy (non-hydrogen) atoms. The number of aliphatic hydroxyl groups excluding tert-OH is 4. The molecule has 1 aliphatic rings. The highest BCUT2D eigenvalue weighted by Gasteiger charge is 2.53. The maximum absolute atomic E-state index is 11.0. The molecule has 0 spiro atoms. The molecule has 0 aromatic heterocycles. The maximum atomic E-state index is 11.0. The molecule has 6 nitrogen and oxygen atoms in total. The molecule has 174 valence electrons. The molecule has 1 aliphatic heterocycles. The van der Waals surface area contributed by atoms with Crippen LogP contribution in [0.2, 0.25) is 0 Å². The van der Waals surface area contributed by atoms with Crippen molar-refractivity contribution in [2.24, 2.45) is 0 Å². The summed E-state index contributed by atoms with van der Waals surface area (Å²) < 4.78 is 12.3. The summed E-state index contributed by atoms with van der Waals surface area (Å²) in [5.41, 5.74) is 1.69. The van der Waals surface area contributed by atoms with Gasteiger partial charge in [0.15, 0.2) is 6.29 Å². The lowest BCUT2D eigenvalue weighted by molar-refractivity contribution is -0.319. The lowest BCUT2D eigenvalue weighted by Crippen LogP contribution is -2.66. The Kier molecular flexibility index (Phi) is 7.55. The van der Waals surface area contributed by atoms with Crippen LogP contribution in [0.1, 0.15) is 16.7 Å². The molecule has 0 amide bonds. The van der Waals surface area contributed by atoms with E-state index in [-0.39, 0.29) is 6.61 Å². The SMILES string of the molecule is O[C@@H]1[C@@H](O)[C@@H](O)O[C@H](C(Cc2ccccc2)(Cc2ccccc2)OCc2ccccc2)[C@H]1O. The van der Waals surface area contributed by atoms with Gasteiger partial charge in [0.2, 0.25) is 0 Å². The zero-order valence-corrected chi connectivity index (χ0v) is 18.3. The number of ether oxygens (including phenoxy) is 2. The molecule has 1 fully saturated rings. The fourth-order valence-electron chi connectivity index (χ4n) is 4.43. The summed E-state index contributed by atoms with van der Waals surface area (Å²) in [6, 6.07) is 29.0. The highest BCUT2D eigenvalue weighted by Crippen LogP contribution is 2.36. The minimum atomic E-state index is -1.65. The van der Waals surface area contributed by atoms with Gasteiger partial charge in [-0.05, 0) is 16.7 Å². The van der Waals surface area contributed by atoms with Gasteiger partial charge in [0, 0.05) is 12.8 Å². The third-order valence-corrected chi connectivity index (χ3v) is 6.17. The van der Waals surface area contributed by atoms with Gasteiger partial charge in [0.25, 0.3) is 0 Å². The number of benzene rings is 3. The summed E-state index contributed by atoms with van der Waals surface area (Å²) in [4.78, 5) is 0. The van der Waals surface area contributed by atoms with E-state index < -0.39 is 36.3 Å². The first kappa shape index (κ1) is 23.6. The molecule has 3 aromatic carbocycles. The van der Waals surface area contributed by atoms with E-state index >= 15 is 0 Å². The van der Waals surface area contributed by atoms with Crippen molar-refractivity contribution in [3.05, 3.63) is 108 Å². The minimum Gasteiger partial charge on any atom is -0.387 e. The smallest absolute Gasteiger partial charge is 0.184 e. The molecule has 6 heteroatoms. The normalized spacial score (nSPS) is 25.6. The summed E-state index contributed by atoms with van der Waals surface area (Å²) >= 11 is 0. The summed E-state index contributed by atoms with van der Waals surface area (Å²) in [5, 5.41) is 41.8. The predicted octanol–water partition coefficient (Wildman–Crippen LogP) is 2.23. The first-order chi connectivity index (χ1) is 16.0. The molecular formula is C27H30O6. The number of rotatable bonds is 8. The van der Waals surface area contributed by atoms with Crippen LogP contribution in [0.25, 0.3) is 0 Å². The average Bonchev–Trinajstić information content (AvgIpc) is 2.85. The number of hydrogen-bond donors (Lipinski definition) is 4. The Morgan fingerprint density at radius 1 is 0.606 bits per heavy atom. The standard InChI is InChI=1S/C27H30O6/c28-22-23(29)25(33-26(31)24(22)30)27(16-19-10-4-1-5-11-19,17-20-12-6-2-7-13-20)32-18-21-14-8-3-9-15-21/h1-15,22-26,28-31H,16-18H2/t22-,23-,24+,25-,26-/m0/s1. The Balaban J connectivity index is 1.76. The Bertz CT molecular complexity index is 940. The second kappa shape index (κ2) is 10.6. The number of aliphatic hydroxyl groups is 4. The van der Waals surface area contributed by atoms with Crippen molar-refractivity contribution in [1.82, 2.24) is 0 Å². The zero-order chi connectivity index (χ0) is 23.3. The minimum absolute atomic E-state index is 0.238. The monoisotopic (exact) mass is 450 g/mol. The largest absolute Gasteiger partial charge is 0.387 e. The van der Waals surface area contributed by atoms with Gasteiger partial charge in [-0.1, -0.05) is 91.0 Å². The molecule has 3 aromatic rings. The van der Waals surface area contributed by atoms with Crippen molar-refractivity contribution in [3.63, 3.8) is 0 Å². The second-order valence-electron chi connectivity index (χ2n) is 8.58. The highest BCUT2D eigenvalue weighted by molar-refractivity contribution is 5.24. The predicted molar refractivity (Wildman–Crippen MR) is 123 cm³/mol. The van der Waals surface area contributed by atoms with Crippen LogP contribution in [0.3, 0.4) is 0 Å². The second-order valence-corrected chi connectivity index (χ2v) is 8.58. The van der Waals surface area contributed by atoms with Crippen molar-refractivity contribution >= 4 is 0 Å². The maximum Gasteiger partial charge on any atom is 0.184 e. The third-order valence-electron chi connectivity index (χ3n) is 6.17. The first-order valence-corrected chi connectivity index (χ1v) is 11.1. The topological polar surface area (TPSA) is 99.4 Å². The van der Waals surface area contributed by atoms with Gasteiger partial charge in [0.05, 0.1) is 6.61 Å². The van der Waals surface area contributed by atoms with Crippen LogP contribution < -0.4 is 0 Å². The molecule has 0 radical (unpaired) electrons. The van der Waals surface area contributed by atoms with E-state index in [1.807, 2.05) is 91.0 Å². The zero-order valence-electron chi connectivity index (χ0n) is 18.3. The molecule has 1 heterocycles. The molecule has 4 N–H and O–H groups in total. The number of hydrogen-bond acceptors (Lipinski definition) is 6. The quantitative estimate of drug-likeness (QED) is 0.420. The van der Waals surface area contributed by atoms with Gasteiger partial charge in [-0.25, -0.2) is 0 Å². The van der Waals surface area contributed by atoms with E-state index in [0.29, 0.717) is 12.8 Å². The fraction of sp³-hybridized carbons (Fsp3) is 0.333. The first-order valence-electron chi connectivity index (χ1n) is 11.1. The Hall–Kier alpha value is -2.58. The van der Waals surface area contributed by atoms with Crippen molar-refractivity contribution in [2.75, 3.05) is 0 Å². The summed E-state index contributed by atoms with van der Waals surface area (Å²) in [6.07, 6.45) is -6.71. The van der Waals surface area contributed by atoms with Crippen LogP contribution in [0, 0.1) is 0 Å². The van der Waals surface area contributed by atoms with Crippen molar-refractivity contribution in [2.45, 2.75) is 55.8 Å². The molecule has 0 saturated carbocycles. The summed E-state index contributed by atoms with van der Waals surface area (Å²) in [7, 11) is 0. The Morgan fingerprint density at radius 3 is 1.55 bits per heavy atom. The van der Waals surface area contributed by atoms with Gasteiger partial charge in [-0.15, -0.1) is 0 Å². The molecule has 0 unspecified atom stereocenters. The van der Waals surface area contributed by atoms with Crippen LogP contribution in [-0.2, 0) is 28.9 Å². The van der Waals surface area contributed by atoms with E-state index in [1.54, 1.807) is 0 Å². The van der Waals surface area contributed by atoms with E-state index in [9.17, 15) is 20.4 Å². The van der Waals surface area contributed by atoms with E-state index in [1.165, 1.54) is 0 Å². The van der Waals surface area contributed by atoms with Gasteiger partial charge in [-0.3, -0.25) is 0 Å². The lowest BCUT2D eigenvalue weighted by Gasteiger charge is -2.48. The molecule has 0 aliphatic carbocycles. The van der Waals surface area contributed by atoms with Gasteiger partial charge < -0.3 is 29.9 Å². The van der Waals surface area contributed by atoms with E-state index in [2.05, 4.69) is 0 Å². The van der Waals surface area contributed by atoms with Crippen LogP contribution in [0.15, 0.2) is 91.0 Å². The van der Waals surface area contributed by atoms with Crippen molar-refractivity contribution in [1.29, 1.82) is 0 Å². The van der Waals surface area contributed by atoms with Gasteiger partial charge >= 0.3 is 0 Å². The third kappa shape index (κ3) is 5.50. The fourth-order valence-corrected chi connectivity index (χ4v) is 4.43. The van der Waals surface area contributed by atoms with E-state index in [0.717, 1.165) is 16.7 Å². The average molecular weight is 451 g/mol.